The van der Waals surface area contributed by atoms with Crippen molar-refractivity contribution in [3.8, 4) is 0 Å². The van der Waals surface area contributed by atoms with Gasteiger partial charge in [-0.2, -0.15) is 0 Å². The van der Waals surface area contributed by atoms with Crippen LogP contribution in [0.4, 0.5) is 5.69 Å². The molecule has 0 radical (unpaired) electrons. The van der Waals surface area contributed by atoms with Gasteiger partial charge < -0.3 is 14.5 Å². The van der Waals surface area contributed by atoms with Crippen molar-refractivity contribution < 1.29 is 28.7 Å². The molecule has 0 aliphatic carbocycles. The maximum absolute atomic E-state index is 13.3. The summed E-state index contributed by atoms with van der Waals surface area (Å²) in [5.41, 5.74) is 2.15. The van der Waals surface area contributed by atoms with Gasteiger partial charge in [0.2, 0.25) is 11.7 Å². The molecule has 1 fully saturated rings. The number of nitrogens with one attached hydrogen (secondary N) is 1. The number of anilines is 1. The Morgan fingerprint density at radius 1 is 1.25 bits per heavy atom. The second-order valence-electron chi connectivity index (χ2n) is 7.84. The number of aryl methyl sites for hydroxylation is 1. The van der Waals surface area contributed by atoms with Gasteiger partial charge in [-0.15, -0.1) is 0 Å². The summed E-state index contributed by atoms with van der Waals surface area (Å²) in [4.78, 5) is 55.2. The number of H-pyrrole nitrogens is 1. The Kier molecular flexibility index (Phi) is 5.62. The number of amides is 1. The lowest BCUT2D eigenvalue weighted by Crippen LogP contribution is -2.49. The van der Waals surface area contributed by atoms with Crippen molar-refractivity contribution in [1.82, 2.24) is 4.98 Å². The molecule has 32 heavy (non-hydrogen) atoms. The number of rotatable bonds is 6. The molecule has 8 nitrogen and oxygen atoms in total. The maximum atomic E-state index is 13.3. The number of carbonyl (C=O) groups excluding carboxylic acids is 4. The molecule has 0 unspecified atom stereocenters. The van der Waals surface area contributed by atoms with Crippen molar-refractivity contribution in [2.24, 2.45) is 0 Å². The molecular formula is C23H24N2O6S. The minimum absolute atomic E-state index is 0.145. The highest BCUT2D eigenvalue weighted by atomic mass is 32.2. The maximum Gasteiger partial charge on any atom is 0.344 e. The molecule has 2 aliphatic heterocycles. The van der Waals surface area contributed by atoms with Crippen LogP contribution >= 0.6 is 11.8 Å². The van der Waals surface area contributed by atoms with Crippen LogP contribution in [0, 0.1) is 13.8 Å². The first-order valence-electron chi connectivity index (χ1n) is 10.4. The number of ether oxygens (including phenoxy) is 2. The van der Waals surface area contributed by atoms with Gasteiger partial charge in [0.05, 0.1) is 23.6 Å². The normalized spacial score (nSPS) is 20.0. The zero-order chi connectivity index (χ0) is 23.2. The molecule has 2 aromatic rings. The smallest absolute Gasteiger partial charge is 0.344 e. The van der Waals surface area contributed by atoms with E-state index in [-0.39, 0.29) is 24.6 Å². The van der Waals surface area contributed by atoms with E-state index >= 15 is 0 Å². The molecular weight excluding hydrogens is 432 g/mol. The summed E-state index contributed by atoms with van der Waals surface area (Å²) >= 11 is 1.28. The van der Waals surface area contributed by atoms with Gasteiger partial charge in [-0.25, -0.2) is 9.59 Å². The van der Waals surface area contributed by atoms with E-state index in [0.717, 1.165) is 4.90 Å². The highest BCUT2D eigenvalue weighted by Gasteiger charge is 2.59. The molecule has 1 N–H and O–H groups in total. The van der Waals surface area contributed by atoms with Crippen LogP contribution < -0.4 is 4.90 Å². The second kappa shape index (κ2) is 8.12. The van der Waals surface area contributed by atoms with E-state index in [4.69, 9.17) is 9.47 Å². The number of hydrogen-bond donors (Lipinski definition) is 1. The summed E-state index contributed by atoms with van der Waals surface area (Å²) < 4.78 is 10.7. The molecule has 1 aromatic carbocycles. The van der Waals surface area contributed by atoms with E-state index in [9.17, 15) is 19.2 Å². The fraction of sp³-hybridized carbons (Fsp3) is 0.391. The first-order valence-corrected chi connectivity index (χ1v) is 11.3. The summed E-state index contributed by atoms with van der Waals surface area (Å²) in [7, 11) is 0. The lowest BCUT2D eigenvalue weighted by Gasteiger charge is -2.29. The minimum Gasteiger partial charge on any atom is -0.462 e. The van der Waals surface area contributed by atoms with Crippen molar-refractivity contribution in [3.63, 3.8) is 0 Å². The van der Waals surface area contributed by atoms with Crippen LogP contribution in [0.2, 0.25) is 0 Å². The third kappa shape index (κ3) is 3.31. The monoisotopic (exact) mass is 456 g/mol. The highest BCUT2D eigenvalue weighted by molar-refractivity contribution is 8.02. The zero-order valence-corrected chi connectivity index (χ0v) is 19.1. The van der Waals surface area contributed by atoms with E-state index < -0.39 is 28.7 Å². The molecule has 4 rings (SSSR count). The van der Waals surface area contributed by atoms with Crippen LogP contribution in [-0.4, -0.2) is 46.2 Å². The molecule has 1 amide bonds. The van der Waals surface area contributed by atoms with Crippen LogP contribution in [0.25, 0.3) is 0 Å². The Morgan fingerprint density at radius 3 is 2.69 bits per heavy atom. The van der Waals surface area contributed by atoms with Crippen LogP contribution in [0.5, 0.6) is 0 Å². The number of fused-ring (bicyclic) bond motifs is 3. The number of aromatic amines is 1. The molecule has 1 aromatic heterocycles. The molecule has 3 heterocycles. The van der Waals surface area contributed by atoms with Crippen molar-refractivity contribution in [3.05, 3.63) is 46.8 Å². The fourth-order valence-corrected chi connectivity index (χ4v) is 5.69. The van der Waals surface area contributed by atoms with E-state index in [1.54, 1.807) is 26.8 Å². The van der Waals surface area contributed by atoms with Crippen LogP contribution in [0.15, 0.2) is 29.2 Å². The number of para-hydroxylation sites is 1. The number of carbonyl (C=O) groups is 4. The van der Waals surface area contributed by atoms with Crippen LogP contribution in [-0.2, 0) is 19.1 Å². The van der Waals surface area contributed by atoms with E-state index in [1.807, 2.05) is 18.2 Å². The van der Waals surface area contributed by atoms with E-state index in [1.165, 1.54) is 23.6 Å². The summed E-state index contributed by atoms with van der Waals surface area (Å²) in [6.07, 6.45) is -0.569. The zero-order valence-electron chi connectivity index (χ0n) is 18.3. The van der Waals surface area contributed by atoms with Crippen molar-refractivity contribution in [2.75, 3.05) is 11.5 Å². The number of esters is 2. The Morgan fingerprint density at radius 2 is 1.97 bits per heavy atom. The van der Waals surface area contributed by atoms with Crippen molar-refractivity contribution in [1.29, 1.82) is 0 Å². The number of thioether (sulfide) groups is 1. The third-order valence-electron chi connectivity index (χ3n) is 5.81. The molecule has 1 saturated heterocycles. The standard InChI is InChI=1S/C23H24N2O6S/c1-5-30-21(28)18-12(2)19(24-13(18)3)20(27)14(4)31-22(29)23-11-10-17(26)25(23)15-8-6-7-9-16(15)32-23/h6-9,14,24H,5,10-11H2,1-4H3/t14-,23+/m0/s1. The fourth-order valence-electron chi connectivity index (χ4n) is 4.29. The first-order chi connectivity index (χ1) is 15.2. The average molecular weight is 457 g/mol. The van der Waals surface area contributed by atoms with E-state index in [0.29, 0.717) is 28.9 Å². The molecule has 9 heteroatoms. The van der Waals surface area contributed by atoms with Gasteiger partial charge in [-0.3, -0.25) is 14.5 Å². The SMILES string of the molecule is CCOC(=O)c1c(C)[nH]c(C(=O)[C@H](C)OC(=O)[C@]23CCC(=O)N2c2ccccc2S3)c1C. The third-order valence-corrected chi connectivity index (χ3v) is 7.26. The van der Waals surface area contributed by atoms with Gasteiger partial charge >= 0.3 is 11.9 Å². The second-order valence-corrected chi connectivity index (χ2v) is 9.16. The number of Topliss-reactive ketones (excluding diaryl/α,β-unsaturated/α-hetero) is 1. The number of benzene rings is 1. The van der Waals surface area contributed by atoms with Gasteiger partial charge in [0.1, 0.15) is 0 Å². The Hall–Kier alpha value is -3.07. The summed E-state index contributed by atoms with van der Waals surface area (Å²) in [5.74, 6) is -1.74. The number of hydrogen-bond acceptors (Lipinski definition) is 7. The van der Waals surface area contributed by atoms with Gasteiger partial charge in [0, 0.05) is 23.4 Å². The predicted molar refractivity (Wildman–Crippen MR) is 118 cm³/mol. The Labute approximate surface area is 189 Å². The predicted octanol–water partition coefficient (Wildman–Crippen LogP) is 3.55. The van der Waals surface area contributed by atoms with Gasteiger partial charge in [-0.1, -0.05) is 23.9 Å². The molecule has 2 aliphatic rings. The minimum atomic E-state index is -1.20. The average Bonchev–Trinajstić information content (AvgIpc) is 3.37. The van der Waals surface area contributed by atoms with Crippen LogP contribution in [0.3, 0.4) is 0 Å². The summed E-state index contributed by atoms with van der Waals surface area (Å²) in [6.45, 7) is 6.75. The lowest BCUT2D eigenvalue weighted by molar-refractivity contribution is -0.149. The van der Waals surface area contributed by atoms with Crippen molar-refractivity contribution >= 4 is 41.1 Å². The highest BCUT2D eigenvalue weighted by Crippen LogP contribution is 2.56. The first kappa shape index (κ1) is 22.1. The van der Waals surface area contributed by atoms with Gasteiger partial charge in [-0.05, 0) is 45.4 Å². The van der Waals surface area contributed by atoms with Gasteiger partial charge in [0.25, 0.3) is 0 Å². The molecule has 2 atom stereocenters. The number of aromatic nitrogens is 1. The van der Waals surface area contributed by atoms with Crippen molar-refractivity contribution in [2.45, 2.75) is 56.4 Å². The topological polar surface area (TPSA) is 106 Å². The molecule has 168 valence electrons. The lowest BCUT2D eigenvalue weighted by atomic mass is 10.1. The van der Waals surface area contributed by atoms with Gasteiger partial charge in [0.15, 0.2) is 11.0 Å². The quantitative estimate of drug-likeness (QED) is 0.523. The summed E-state index contributed by atoms with van der Waals surface area (Å²) in [6, 6.07) is 7.32. The summed E-state index contributed by atoms with van der Waals surface area (Å²) in [5, 5.41) is 0. The largest absolute Gasteiger partial charge is 0.462 e. The number of ketones is 1. The number of nitrogens with zero attached hydrogens (tertiary/aromatic N) is 1. The van der Waals surface area contributed by atoms with Crippen LogP contribution in [0.1, 0.15) is 58.8 Å². The molecule has 0 spiro atoms. The Balaban J connectivity index is 1.56. The molecule has 0 bridgehead atoms. The Bertz CT molecular complexity index is 1140. The van der Waals surface area contributed by atoms with E-state index in [2.05, 4.69) is 4.98 Å². The molecule has 0 saturated carbocycles.